The number of aromatic nitrogens is 1. The molecule has 0 bridgehead atoms. The van der Waals surface area contributed by atoms with Gasteiger partial charge >= 0.3 is 0 Å². The number of carbonyl (C=O) groups excluding carboxylic acids is 2. The fourth-order valence-electron chi connectivity index (χ4n) is 2.26. The van der Waals surface area contributed by atoms with Crippen LogP contribution in [-0.4, -0.2) is 43.1 Å². The molecule has 0 aliphatic carbocycles. The average Bonchev–Trinajstić information content (AvgIpc) is 3.12. The van der Waals surface area contributed by atoms with Gasteiger partial charge in [-0.05, 0) is 38.8 Å². The van der Waals surface area contributed by atoms with Gasteiger partial charge in [0.2, 0.25) is 5.78 Å². The van der Waals surface area contributed by atoms with Crippen molar-refractivity contribution in [3.05, 3.63) is 65.9 Å². The fraction of sp³-hybridized carbons (Fsp3) is 0.273. The second-order valence-electron chi connectivity index (χ2n) is 5.98. The minimum atomic E-state index is -0.558. The van der Waals surface area contributed by atoms with Crippen LogP contribution in [-0.2, 0) is 11.4 Å². The Morgan fingerprint density at radius 1 is 1.04 bits per heavy atom. The molecule has 0 atom stereocenters. The summed E-state index contributed by atoms with van der Waals surface area (Å²) in [5, 5.41) is 0.644. The van der Waals surface area contributed by atoms with Gasteiger partial charge in [0.05, 0.1) is 10.9 Å². The van der Waals surface area contributed by atoms with Gasteiger partial charge in [0.15, 0.2) is 6.29 Å². The summed E-state index contributed by atoms with van der Waals surface area (Å²) in [7, 11) is 6.00. The minimum absolute atomic E-state index is 0.316. The topological polar surface area (TPSA) is 62.4 Å². The monoisotopic (exact) mass is 368 g/mol. The average molecular weight is 368 g/mol. The van der Waals surface area contributed by atoms with Crippen molar-refractivity contribution < 1.29 is 14.3 Å². The van der Waals surface area contributed by atoms with Crippen molar-refractivity contribution in [1.29, 1.82) is 0 Å². The van der Waals surface area contributed by atoms with Crippen molar-refractivity contribution in [3.8, 4) is 5.75 Å². The number of ketones is 1. The Hall–Kier alpha value is -2.92. The van der Waals surface area contributed by atoms with E-state index in [0.717, 1.165) is 11.1 Å². The van der Waals surface area contributed by atoms with Crippen molar-refractivity contribution in [3.63, 3.8) is 0 Å². The lowest BCUT2D eigenvalue weighted by molar-refractivity contribution is -0.104. The van der Waals surface area contributed by atoms with Crippen molar-refractivity contribution in [2.24, 2.45) is 0 Å². The first-order valence-electron chi connectivity index (χ1n) is 8.90. The Labute approximate surface area is 161 Å². The number of nitrogens with one attached hydrogen (secondary N) is 1. The Kier molecular flexibility index (Phi) is 9.54. The summed E-state index contributed by atoms with van der Waals surface area (Å²) >= 11 is 0. The highest BCUT2D eigenvalue weighted by Crippen LogP contribution is 2.29. The maximum atomic E-state index is 11.7. The molecule has 1 aromatic heterocycles. The SMILES string of the molecule is CC.CN(C)C.O=CC(=O)c1c[nH]c2cccc(OCc3ccccc3)c12. The molecule has 0 fully saturated rings. The summed E-state index contributed by atoms with van der Waals surface area (Å²) in [5.74, 6) is 0.0276. The third-order valence-corrected chi connectivity index (χ3v) is 3.28. The second-order valence-corrected chi connectivity index (χ2v) is 5.98. The standard InChI is InChI=1S/C17H13NO3.C3H9N.C2H6/c19-10-15(20)13-9-18-14-7-4-8-16(17(13)14)21-11-12-5-2-1-3-6-12;1-4(2)3;1-2/h1-10,18H,11H2;1-3H3;1-2H3. The molecule has 1 heterocycles. The van der Waals surface area contributed by atoms with Crippen molar-refractivity contribution in [2.45, 2.75) is 20.5 Å². The molecule has 5 heteroatoms. The third-order valence-electron chi connectivity index (χ3n) is 3.28. The number of aromatic amines is 1. The molecular weight excluding hydrogens is 340 g/mol. The van der Waals surface area contributed by atoms with Crippen LogP contribution in [0.25, 0.3) is 10.9 Å². The van der Waals surface area contributed by atoms with E-state index in [0.29, 0.717) is 29.6 Å². The van der Waals surface area contributed by atoms with Gasteiger partial charge in [-0.3, -0.25) is 9.59 Å². The van der Waals surface area contributed by atoms with E-state index in [-0.39, 0.29) is 0 Å². The number of nitrogens with zero attached hydrogens (tertiary/aromatic N) is 1. The molecule has 0 spiro atoms. The Balaban J connectivity index is 0.000000541. The fourth-order valence-corrected chi connectivity index (χ4v) is 2.26. The minimum Gasteiger partial charge on any atom is -0.488 e. The number of carbonyl (C=O) groups is 2. The summed E-state index contributed by atoms with van der Waals surface area (Å²) in [6.45, 7) is 4.40. The van der Waals surface area contributed by atoms with E-state index in [9.17, 15) is 9.59 Å². The normalized spacial score (nSPS) is 9.70. The summed E-state index contributed by atoms with van der Waals surface area (Å²) < 4.78 is 5.81. The van der Waals surface area contributed by atoms with E-state index in [1.165, 1.54) is 6.20 Å². The zero-order chi connectivity index (χ0) is 20.2. The molecule has 3 rings (SSSR count). The van der Waals surface area contributed by atoms with E-state index in [1.807, 2.05) is 82.4 Å². The molecule has 0 amide bonds. The van der Waals surface area contributed by atoms with Gasteiger partial charge in [-0.25, -0.2) is 0 Å². The van der Waals surface area contributed by atoms with Gasteiger partial charge in [0.25, 0.3) is 0 Å². The number of aldehydes is 1. The molecule has 0 saturated carbocycles. The molecule has 2 aromatic carbocycles. The number of H-pyrrole nitrogens is 1. The predicted molar refractivity (Wildman–Crippen MR) is 110 cm³/mol. The van der Waals surface area contributed by atoms with E-state index in [4.69, 9.17) is 4.74 Å². The third kappa shape index (κ3) is 6.72. The maximum Gasteiger partial charge on any atom is 0.227 e. The summed E-state index contributed by atoms with van der Waals surface area (Å²) in [4.78, 5) is 27.4. The van der Waals surface area contributed by atoms with Crippen LogP contribution in [0.15, 0.2) is 54.7 Å². The molecule has 27 heavy (non-hydrogen) atoms. The van der Waals surface area contributed by atoms with Crippen LogP contribution < -0.4 is 4.74 Å². The molecular formula is C22H28N2O3. The van der Waals surface area contributed by atoms with Crippen molar-refractivity contribution in [1.82, 2.24) is 9.88 Å². The largest absolute Gasteiger partial charge is 0.488 e. The number of fused-ring (bicyclic) bond motifs is 1. The number of hydrogen-bond acceptors (Lipinski definition) is 4. The number of benzene rings is 2. The van der Waals surface area contributed by atoms with Gasteiger partial charge in [-0.2, -0.15) is 0 Å². The maximum absolute atomic E-state index is 11.7. The van der Waals surface area contributed by atoms with E-state index in [1.54, 1.807) is 6.07 Å². The Morgan fingerprint density at radius 3 is 2.26 bits per heavy atom. The molecule has 0 unspecified atom stereocenters. The molecule has 3 aromatic rings. The summed E-state index contributed by atoms with van der Waals surface area (Å²) in [6, 6.07) is 15.2. The molecule has 5 nitrogen and oxygen atoms in total. The van der Waals surface area contributed by atoms with Crippen LogP contribution in [0.4, 0.5) is 0 Å². The first-order chi connectivity index (χ1) is 13.0. The molecule has 0 aliphatic rings. The first-order valence-corrected chi connectivity index (χ1v) is 8.90. The summed E-state index contributed by atoms with van der Waals surface area (Å²) in [6.07, 6.45) is 1.85. The Bertz CT molecular complexity index is 836. The van der Waals surface area contributed by atoms with Crippen LogP contribution in [0.5, 0.6) is 5.75 Å². The molecule has 0 aliphatic heterocycles. The zero-order valence-electron chi connectivity index (χ0n) is 16.7. The number of hydrogen-bond donors (Lipinski definition) is 1. The second kappa shape index (κ2) is 11.6. The highest BCUT2D eigenvalue weighted by atomic mass is 16.5. The molecule has 0 saturated heterocycles. The molecule has 0 radical (unpaired) electrons. The predicted octanol–water partition coefficient (Wildman–Crippen LogP) is 4.33. The van der Waals surface area contributed by atoms with Crippen LogP contribution in [0.2, 0.25) is 0 Å². The molecule has 144 valence electrons. The van der Waals surface area contributed by atoms with Gasteiger partial charge in [-0.15, -0.1) is 0 Å². The lowest BCUT2D eigenvalue weighted by Gasteiger charge is -2.08. The van der Waals surface area contributed by atoms with Crippen LogP contribution >= 0.6 is 0 Å². The number of Topliss-reactive ketones (excluding diaryl/α,β-unsaturated/α-hetero) is 1. The van der Waals surface area contributed by atoms with Crippen LogP contribution in [0.3, 0.4) is 0 Å². The highest BCUT2D eigenvalue weighted by molar-refractivity contribution is 6.36. The van der Waals surface area contributed by atoms with Crippen molar-refractivity contribution in [2.75, 3.05) is 21.1 Å². The van der Waals surface area contributed by atoms with Gasteiger partial charge in [-0.1, -0.05) is 50.2 Å². The van der Waals surface area contributed by atoms with Crippen LogP contribution in [0.1, 0.15) is 29.8 Å². The number of rotatable bonds is 5. The van der Waals surface area contributed by atoms with Gasteiger partial charge < -0.3 is 14.6 Å². The quantitative estimate of drug-likeness (QED) is 0.414. The highest BCUT2D eigenvalue weighted by Gasteiger charge is 2.15. The van der Waals surface area contributed by atoms with Gasteiger partial charge in [0.1, 0.15) is 12.4 Å². The lowest BCUT2D eigenvalue weighted by Crippen LogP contribution is -2.00. The Morgan fingerprint density at radius 2 is 1.67 bits per heavy atom. The van der Waals surface area contributed by atoms with E-state index < -0.39 is 5.78 Å². The first kappa shape index (κ1) is 22.1. The van der Waals surface area contributed by atoms with E-state index >= 15 is 0 Å². The van der Waals surface area contributed by atoms with Gasteiger partial charge in [0, 0.05) is 11.7 Å². The smallest absolute Gasteiger partial charge is 0.227 e. The lowest BCUT2D eigenvalue weighted by atomic mass is 10.1. The zero-order valence-corrected chi connectivity index (χ0v) is 16.7. The summed E-state index contributed by atoms with van der Waals surface area (Å²) in [5.41, 5.74) is 2.14. The van der Waals surface area contributed by atoms with Crippen molar-refractivity contribution >= 4 is 23.0 Å². The van der Waals surface area contributed by atoms with Crippen LogP contribution in [0, 0.1) is 0 Å². The molecule has 1 N–H and O–H groups in total. The van der Waals surface area contributed by atoms with E-state index in [2.05, 4.69) is 4.98 Å². The number of ether oxygens (including phenoxy) is 1.